The van der Waals surface area contributed by atoms with Crippen molar-refractivity contribution in [1.29, 1.82) is 0 Å². The predicted molar refractivity (Wildman–Crippen MR) is 71.2 cm³/mol. The second-order valence-corrected chi connectivity index (χ2v) is 4.66. The molecule has 0 amide bonds. The average Bonchev–Trinajstić information content (AvgIpc) is 2.75. The first-order valence-corrected chi connectivity index (χ1v) is 6.17. The Balaban J connectivity index is 2.19. The maximum absolute atomic E-state index is 10.3. The van der Waals surface area contributed by atoms with Gasteiger partial charge >= 0.3 is 5.97 Å². The van der Waals surface area contributed by atoms with Crippen LogP contribution in [0.4, 0.5) is 0 Å². The van der Waals surface area contributed by atoms with Gasteiger partial charge in [-0.2, -0.15) is 0 Å². The fraction of sp³-hybridized carbons (Fsp3) is 0.357. The highest BCUT2D eigenvalue weighted by Gasteiger charge is 2.14. The zero-order chi connectivity index (χ0) is 14.7. The van der Waals surface area contributed by atoms with Crippen molar-refractivity contribution in [2.45, 2.75) is 27.4 Å². The molecule has 1 N–H and O–H groups in total. The van der Waals surface area contributed by atoms with E-state index in [2.05, 4.69) is 10.2 Å². The summed E-state index contributed by atoms with van der Waals surface area (Å²) in [6.45, 7) is 5.60. The number of hydrogen-bond acceptors (Lipinski definition) is 5. The first-order valence-electron chi connectivity index (χ1n) is 6.17. The van der Waals surface area contributed by atoms with Gasteiger partial charge in [-0.15, -0.1) is 10.2 Å². The van der Waals surface area contributed by atoms with Crippen LogP contribution in [0.1, 0.15) is 22.6 Å². The number of aliphatic carboxylic acids is 1. The molecule has 0 spiro atoms. The fourth-order valence-corrected chi connectivity index (χ4v) is 2.16. The van der Waals surface area contributed by atoms with E-state index >= 15 is 0 Å². The van der Waals surface area contributed by atoms with E-state index in [-0.39, 0.29) is 19.1 Å². The maximum atomic E-state index is 10.3. The molecule has 6 heteroatoms. The van der Waals surface area contributed by atoms with Crippen LogP contribution < -0.4 is 0 Å². The van der Waals surface area contributed by atoms with Crippen LogP contribution in [0.3, 0.4) is 0 Å². The van der Waals surface area contributed by atoms with Crippen LogP contribution in [0.5, 0.6) is 0 Å². The molecule has 106 valence electrons. The molecular formula is C14H16N2O4. The van der Waals surface area contributed by atoms with Gasteiger partial charge in [0, 0.05) is 5.56 Å². The van der Waals surface area contributed by atoms with Crippen molar-refractivity contribution in [2.24, 2.45) is 0 Å². The zero-order valence-corrected chi connectivity index (χ0v) is 11.6. The molecule has 0 unspecified atom stereocenters. The lowest BCUT2D eigenvalue weighted by atomic mass is 10.00. The molecule has 1 heterocycles. The van der Waals surface area contributed by atoms with Crippen molar-refractivity contribution < 1.29 is 19.1 Å². The van der Waals surface area contributed by atoms with Gasteiger partial charge in [0.1, 0.15) is 13.2 Å². The monoisotopic (exact) mass is 276 g/mol. The van der Waals surface area contributed by atoms with Crippen LogP contribution in [0.25, 0.3) is 11.5 Å². The van der Waals surface area contributed by atoms with Crippen molar-refractivity contribution in [3.63, 3.8) is 0 Å². The zero-order valence-electron chi connectivity index (χ0n) is 11.6. The summed E-state index contributed by atoms with van der Waals surface area (Å²) in [6, 6.07) is 4.10. The van der Waals surface area contributed by atoms with Gasteiger partial charge in [-0.1, -0.05) is 17.7 Å². The van der Waals surface area contributed by atoms with Crippen LogP contribution >= 0.6 is 0 Å². The Morgan fingerprint density at radius 2 is 1.90 bits per heavy atom. The Hall–Kier alpha value is -2.21. The molecule has 1 aromatic carbocycles. The van der Waals surface area contributed by atoms with Gasteiger partial charge in [0.2, 0.25) is 11.8 Å². The van der Waals surface area contributed by atoms with Gasteiger partial charge in [0.05, 0.1) is 0 Å². The summed E-state index contributed by atoms with van der Waals surface area (Å²) in [6.07, 6.45) is 0. The second kappa shape index (κ2) is 5.83. The molecule has 0 atom stereocenters. The summed E-state index contributed by atoms with van der Waals surface area (Å²) < 4.78 is 10.4. The normalized spacial score (nSPS) is 10.8. The topological polar surface area (TPSA) is 85.5 Å². The Morgan fingerprint density at radius 1 is 1.25 bits per heavy atom. The molecule has 1 aromatic heterocycles. The van der Waals surface area contributed by atoms with E-state index in [0.29, 0.717) is 5.89 Å². The van der Waals surface area contributed by atoms with E-state index in [1.54, 1.807) is 0 Å². The third kappa shape index (κ3) is 3.21. The van der Waals surface area contributed by atoms with Crippen LogP contribution in [0, 0.1) is 20.8 Å². The number of rotatable bonds is 5. The van der Waals surface area contributed by atoms with E-state index < -0.39 is 5.97 Å². The van der Waals surface area contributed by atoms with Crippen LogP contribution in [-0.4, -0.2) is 27.9 Å². The molecule has 0 bridgehead atoms. The molecule has 0 saturated carbocycles. The lowest BCUT2D eigenvalue weighted by molar-refractivity contribution is -0.142. The quantitative estimate of drug-likeness (QED) is 0.901. The third-order valence-corrected chi connectivity index (χ3v) is 2.81. The van der Waals surface area contributed by atoms with Crippen LogP contribution in [-0.2, 0) is 16.1 Å². The SMILES string of the molecule is Cc1cc(C)c(-c2nnc(COCC(=O)O)o2)c(C)c1. The fourth-order valence-electron chi connectivity index (χ4n) is 2.16. The lowest BCUT2D eigenvalue weighted by Crippen LogP contribution is -2.06. The molecule has 2 rings (SSSR count). The summed E-state index contributed by atoms with van der Waals surface area (Å²) in [5.74, 6) is -0.343. The maximum Gasteiger partial charge on any atom is 0.329 e. The number of hydrogen-bond donors (Lipinski definition) is 1. The van der Waals surface area contributed by atoms with Gasteiger partial charge < -0.3 is 14.3 Å². The standard InChI is InChI=1S/C14H16N2O4/c1-8-4-9(2)13(10(3)5-8)14-16-15-11(20-14)6-19-7-12(17)18/h4-5H,6-7H2,1-3H3,(H,17,18). The van der Waals surface area contributed by atoms with Crippen molar-refractivity contribution in [3.8, 4) is 11.5 Å². The molecule has 0 fully saturated rings. The molecule has 0 saturated heterocycles. The first-order chi connectivity index (χ1) is 9.47. The summed E-state index contributed by atoms with van der Waals surface area (Å²) in [4.78, 5) is 10.3. The van der Waals surface area contributed by atoms with Crippen molar-refractivity contribution in [3.05, 3.63) is 34.7 Å². The minimum absolute atomic E-state index is 0.0107. The molecule has 0 aliphatic heterocycles. The van der Waals surface area contributed by atoms with Gasteiger partial charge in [-0.05, 0) is 31.9 Å². The lowest BCUT2D eigenvalue weighted by Gasteiger charge is -2.06. The van der Waals surface area contributed by atoms with E-state index in [0.717, 1.165) is 16.7 Å². The highest BCUT2D eigenvalue weighted by molar-refractivity contribution is 5.68. The number of nitrogens with zero attached hydrogens (tertiary/aromatic N) is 2. The minimum atomic E-state index is -1.03. The summed E-state index contributed by atoms with van der Waals surface area (Å²) >= 11 is 0. The summed E-state index contributed by atoms with van der Waals surface area (Å²) in [7, 11) is 0. The first kappa shape index (κ1) is 14.2. The summed E-state index contributed by atoms with van der Waals surface area (Å²) in [5.41, 5.74) is 4.20. The van der Waals surface area contributed by atoms with Crippen molar-refractivity contribution in [1.82, 2.24) is 10.2 Å². The molecule has 0 radical (unpaired) electrons. The number of carboxylic acids is 1. The molecule has 20 heavy (non-hydrogen) atoms. The largest absolute Gasteiger partial charge is 0.480 e. The average molecular weight is 276 g/mol. The van der Waals surface area contributed by atoms with E-state index in [4.69, 9.17) is 14.3 Å². The van der Waals surface area contributed by atoms with Gasteiger partial charge in [0.25, 0.3) is 0 Å². The number of carboxylic acid groups (broad SMARTS) is 1. The van der Waals surface area contributed by atoms with Crippen molar-refractivity contribution >= 4 is 5.97 Å². The summed E-state index contributed by atoms with van der Waals surface area (Å²) in [5, 5.41) is 16.3. The van der Waals surface area contributed by atoms with Gasteiger partial charge in [-0.25, -0.2) is 4.79 Å². The Kier molecular flexibility index (Phi) is 4.14. The van der Waals surface area contributed by atoms with E-state index in [1.807, 2.05) is 32.9 Å². The Morgan fingerprint density at radius 3 is 2.50 bits per heavy atom. The molecule has 2 aromatic rings. The minimum Gasteiger partial charge on any atom is -0.480 e. The molecular weight excluding hydrogens is 260 g/mol. The second-order valence-electron chi connectivity index (χ2n) is 4.66. The smallest absolute Gasteiger partial charge is 0.329 e. The Labute approximate surface area is 116 Å². The number of ether oxygens (including phenoxy) is 1. The van der Waals surface area contributed by atoms with Crippen LogP contribution in [0.2, 0.25) is 0 Å². The number of benzene rings is 1. The predicted octanol–water partition coefficient (Wildman–Crippen LogP) is 2.26. The van der Waals surface area contributed by atoms with Crippen LogP contribution in [0.15, 0.2) is 16.5 Å². The van der Waals surface area contributed by atoms with E-state index in [9.17, 15) is 4.79 Å². The van der Waals surface area contributed by atoms with Gasteiger partial charge in [0.15, 0.2) is 0 Å². The molecule has 6 nitrogen and oxygen atoms in total. The van der Waals surface area contributed by atoms with E-state index in [1.165, 1.54) is 5.56 Å². The highest BCUT2D eigenvalue weighted by atomic mass is 16.5. The third-order valence-electron chi connectivity index (χ3n) is 2.81. The number of aromatic nitrogens is 2. The Bertz CT molecular complexity index is 611. The molecule has 0 aliphatic carbocycles. The number of carbonyl (C=O) groups is 1. The number of aryl methyl sites for hydroxylation is 3. The molecule has 0 aliphatic rings. The van der Waals surface area contributed by atoms with Crippen molar-refractivity contribution in [2.75, 3.05) is 6.61 Å². The highest BCUT2D eigenvalue weighted by Crippen LogP contribution is 2.27. The van der Waals surface area contributed by atoms with Gasteiger partial charge in [-0.3, -0.25) is 0 Å².